The molecule has 3 aromatic rings. The van der Waals surface area contributed by atoms with Crippen molar-refractivity contribution in [1.29, 1.82) is 0 Å². The Morgan fingerprint density at radius 1 is 1.10 bits per heavy atom. The third kappa shape index (κ3) is 3.63. The van der Waals surface area contributed by atoms with Gasteiger partial charge in [-0.05, 0) is 48.1 Å². The van der Waals surface area contributed by atoms with Crippen LogP contribution in [0.2, 0.25) is 5.02 Å². The molecule has 1 aromatic carbocycles. The number of benzene rings is 1. The summed E-state index contributed by atoms with van der Waals surface area (Å²) in [6, 6.07) is 6.61. The number of hydrogen-bond donors (Lipinski definition) is 1. The van der Waals surface area contributed by atoms with Gasteiger partial charge in [0.25, 0.3) is 0 Å². The van der Waals surface area contributed by atoms with Gasteiger partial charge in [0.1, 0.15) is 11.4 Å². The van der Waals surface area contributed by atoms with E-state index in [4.69, 9.17) is 11.6 Å². The molecule has 0 amide bonds. The maximum Gasteiger partial charge on any atom is 0.420 e. The number of rotatable bonds is 4. The smallest absolute Gasteiger partial charge is 0.368 e. The second kappa shape index (κ2) is 7.42. The summed E-state index contributed by atoms with van der Waals surface area (Å²) in [6.45, 7) is 3.32. The van der Waals surface area contributed by atoms with Crippen molar-refractivity contribution in [2.75, 3.05) is 31.1 Å². The van der Waals surface area contributed by atoms with Gasteiger partial charge in [0.05, 0.1) is 10.7 Å². The molecule has 5 rings (SSSR count). The molecule has 0 bridgehead atoms. The van der Waals surface area contributed by atoms with Crippen molar-refractivity contribution in [3.63, 3.8) is 0 Å². The fourth-order valence-electron chi connectivity index (χ4n) is 4.08. The minimum atomic E-state index is -4.56. The number of fused-ring (bicyclic) bond motifs is 1. The molecule has 2 aromatic heterocycles. The summed E-state index contributed by atoms with van der Waals surface area (Å²) in [4.78, 5) is 2.14. The Morgan fingerprint density at radius 2 is 1.87 bits per heavy atom. The van der Waals surface area contributed by atoms with Gasteiger partial charge < -0.3 is 10.2 Å². The Hall–Kier alpha value is -2.32. The number of pyridine rings is 1. The zero-order valence-electron chi connectivity index (χ0n) is 16.2. The fourth-order valence-corrected chi connectivity index (χ4v) is 4.38. The molecule has 1 saturated carbocycles. The first kappa shape index (κ1) is 19.6. The van der Waals surface area contributed by atoms with Gasteiger partial charge in [-0.25, -0.2) is 0 Å². The normalized spacial score (nSPS) is 17.7. The van der Waals surface area contributed by atoms with E-state index in [2.05, 4.69) is 20.4 Å². The lowest BCUT2D eigenvalue weighted by atomic mass is 10.00. The molecule has 158 valence electrons. The van der Waals surface area contributed by atoms with Gasteiger partial charge in [-0.1, -0.05) is 17.7 Å². The van der Waals surface area contributed by atoms with Crippen LogP contribution >= 0.6 is 11.6 Å². The molecule has 0 unspecified atom stereocenters. The summed E-state index contributed by atoms with van der Waals surface area (Å²) in [5.41, 5.74) is 0.392. The summed E-state index contributed by atoms with van der Waals surface area (Å²) in [5.74, 6) is 1.08. The first-order valence-corrected chi connectivity index (χ1v) is 10.5. The first-order chi connectivity index (χ1) is 14.4. The van der Waals surface area contributed by atoms with Crippen LogP contribution in [-0.2, 0) is 12.6 Å². The number of anilines is 1. The van der Waals surface area contributed by atoms with Crippen molar-refractivity contribution in [2.45, 2.75) is 25.4 Å². The van der Waals surface area contributed by atoms with Gasteiger partial charge in [0.2, 0.25) is 0 Å². The SMILES string of the molecule is FC(F)(F)c1c(-c2ccc(N3CCNCC3)c(Cl)c2)ccn2c(CC3CC3)nnc12. The van der Waals surface area contributed by atoms with Crippen LogP contribution < -0.4 is 10.2 Å². The number of nitrogens with one attached hydrogen (secondary N) is 1. The molecule has 30 heavy (non-hydrogen) atoms. The lowest BCUT2D eigenvalue weighted by Gasteiger charge is -2.30. The predicted octanol–water partition coefficient (Wildman–Crippen LogP) is 4.43. The summed E-state index contributed by atoms with van der Waals surface area (Å²) >= 11 is 6.49. The molecule has 1 aliphatic carbocycles. The molecule has 0 spiro atoms. The Balaban J connectivity index is 1.58. The number of hydrogen-bond acceptors (Lipinski definition) is 4. The average molecular weight is 436 g/mol. The van der Waals surface area contributed by atoms with Crippen LogP contribution in [0, 0.1) is 5.92 Å². The van der Waals surface area contributed by atoms with E-state index in [1.54, 1.807) is 24.4 Å². The standard InChI is InChI=1S/C21H21ClF3N5/c22-16-12-14(3-4-17(16)29-9-6-26-7-10-29)15-5-8-30-18(11-13-1-2-13)27-28-20(30)19(15)21(23,24)25/h3-5,8,12-13,26H,1-2,6-7,9-11H2. The van der Waals surface area contributed by atoms with E-state index in [-0.39, 0.29) is 11.2 Å². The van der Waals surface area contributed by atoms with Crippen LogP contribution in [0.5, 0.6) is 0 Å². The second-order valence-corrected chi connectivity index (χ2v) is 8.37. The van der Waals surface area contributed by atoms with Crippen LogP contribution in [0.25, 0.3) is 16.8 Å². The molecular weight excluding hydrogens is 415 g/mol. The van der Waals surface area contributed by atoms with Crippen LogP contribution in [0.1, 0.15) is 24.2 Å². The van der Waals surface area contributed by atoms with Gasteiger partial charge >= 0.3 is 6.18 Å². The molecule has 2 fully saturated rings. The molecule has 3 heterocycles. The lowest BCUT2D eigenvalue weighted by Crippen LogP contribution is -2.43. The number of halogens is 4. The van der Waals surface area contributed by atoms with Crippen LogP contribution in [0.3, 0.4) is 0 Å². The minimum absolute atomic E-state index is 0.0640. The number of alkyl halides is 3. The number of piperazine rings is 1. The Labute approximate surface area is 176 Å². The van der Waals surface area contributed by atoms with Gasteiger partial charge in [-0.15, -0.1) is 10.2 Å². The summed E-state index contributed by atoms with van der Waals surface area (Å²) in [5, 5.41) is 11.7. The van der Waals surface area contributed by atoms with Crippen molar-refractivity contribution >= 4 is 22.9 Å². The van der Waals surface area contributed by atoms with Crippen LogP contribution in [0.15, 0.2) is 30.5 Å². The Bertz CT molecular complexity index is 1080. The highest BCUT2D eigenvalue weighted by molar-refractivity contribution is 6.33. The van der Waals surface area contributed by atoms with Gasteiger partial charge in [-0.3, -0.25) is 4.40 Å². The van der Waals surface area contributed by atoms with Crippen molar-refractivity contribution in [2.24, 2.45) is 5.92 Å². The average Bonchev–Trinajstić information content (AvgIpc) is 3.45. The highest BCUT2D eigenvalue weighted by Crippen LogP contribution is 2.41. The van der Waals surface area contributed by atoms with Crippen LogP contribution in [-0.4, -0.2) is 40.8 Å². The number of aromatic nitrogens is 3. The maximum absolute atomic E-state index is 14.1. The quantitative estimate of drug-likeness (QED) is 0.658. The summed E-state index contributed by atoms with van der Waals surface area (Å²) in [6.07, 6.45) is -0.0850. The van der Waals surface area contributed by atoms with E-state index in [9.17, 15) is 13.2 Å². The molecule has 9 heteroatoms. The van der Waals surface area contributed by atoms with E-state index in [0.717, 1.165) is 44.7 Å². The third-order valence-electron chi connectivity index (χ3n) is 5.82. The maximum atomic E-state index is 14.1. The third-order valence-corrected chi connectivity index (χ3v) is 6.12. The molecule has 2 aliphatic rings. The van der Waals surface area contributed by atoms with Crippen LogP contribution in [0.4, 0.5) is 18.9 Å². The summed E-state index contributed by atoms with van der Waals surface area (Å²) in [7, 11) is 0. The highest BCUT2D eigenvalue weighted by atomic mass is 35.5. The number of nitrogens with zero attached hydrogens (tertiary/aromatic N) is 4. The molecule has 0 radical (unpaired) electrons. The second-order valence-electron chi connectivity index (χ2n) is 7.96. The Morgan fingerprint density at radius 3 is 2.53 bits per heavy atom. The van der Waals surface area contributed by atoms with Crippen molar-refractivity contribution in [3.05, 3.63) is 46.9 Å². The van der Waals surface area contributed by atoms with E-state index < -0.39 is 11.7 Å². The molecule has 5 nitrogen and oxygen atoms in total. The van der Waals surface area contributed by atoms with Gasteiger partial charge in [-0.2, -0.15) is 13.2 Å². The van der Waals surface area contributed by atoms with E-state index in [0.29, 0.717) is 28.7 Å². The zero-order chi connectivity index (χ0) is 20.9. The fraction of sp³-hybridized carbons (Fsp3) is 0.429. The van der Waals surface area contributed by atoms with E-state index in [1.165, 1.54) is 10.5 Å². The predicted molar refractivity (Wildman–Crippen MR) is 110 cm³/mol. The minimum Gasteiger partial charge on any atom is -0.368 e. The molecule has 1 aliphatic heterocycles. The Kier molecular flexibility index (Phi) is 4.86. The zero-order valence-corrected chi connectivity index (χ0v) is 17.0. The topological polar surface area (TPSA) is 45.5 Å². The highest BCUT2D eigenvalue weighted by Gasteiger charge is 2.38. The summed E-state index contributed by atoms with van der Waals surface area (Å²) < 4.78 is 43.7. The molecular formula is C21H21ClF3N5. The molecule has 1 saturated heterocycles. The lowest BCUT2D eigenvalue weighted by molar-refractivity contribution is -0.136. The monoisotopic (exact) mass is 435 g/mol. The molecule has 1 N–H and O–H groups in total. The largest absolute Gasteiger partial charge is 0.420 e. The van der Waals surface area contributed by atoms with Crippen molar-refractivity contribution in [1.82, 2.24) is 19.9 Å². The molecule has 0 atom stereocenters. The van der Waals surface area contributed by atoms with E-state index >= 15 is 0 Å². The van der Waals surface area contributed by atoms with Crippen molar-refractivity contribution < 1.29 is 13.2 Å². The van der Waals surface area contributed by atoms with E-state index in [1.807, 2.05) is 0 Å². The van der Waals surface area contributed by atoms with Crippen molar-refractivity contribution in [3.8, 4) is 11.1 Å². The van der Waals surface area contributed by atoms with Gasteiger partial charge in [0, 0.05) is 38.8 Å². The first-order valence-electron chi connectivity index (χ1n) is 10.1. The van der Waals surface area contributed by atoms with Gasteiger partial charge in [0.15, 0.2) is 5.65 Å².